The zero-order valence-corrected chi connectivity index (χ0v) is 11.0. The molecule has 0 atom stereocenters. The van der Waals surface area contributed by atoms with Crippen molar-refractivity contribution >= 4 is 5.82 Å². The van der Waals surface area contributed by atoms with Gasteiger partial charge in [-0.15, -0.1) is 6.58 Å². The van der Waals surface area contributed by atoms with Crippen LogP contribution in [-0.4, -0.2) is 29.1 Å². The SMILES string of the molecule is C=CCN(CC)c1cnc(CNC(C)C)cn1. The van der Waals surface area contributed by atoms with E-state index in [1.807, 2.05) is 18.5 Å². The van der Waals surface area contributed by atoms with Gasteiger partial charge in [0.1, 0.15) is 5.82 Å². The summed E-state index contributed by atoms with van der Waals surface area (Å²) in [7, 11) is 0. The number of anilines is 1. The van der Waals surface area contributed by atoms with Crippen molar-refractivity contribution in [3.05, 3.63) is 30.7 Å². The fourth-order valence-electron chi connectivity index (χ4n) is 1.45. The average molecular weight is 234 g/mol. The Kier molecular flexibility index (Phi) is 5.63. The third-order valence-electron chi connectivity index (χ3n) is 2.44. The van der Waals surface area contributed by atoms with Crippen molar-refractivity contribution in [3.8, 4) is 0 Å². The van der Waals surface area contributed by atoms with E-state index in [1.54, 1.807) is 0 Å². The quantitative estimate of drug-likeness (QED) is 0.733. The van der Waals surface area contributed by atoms with Crippen molar-refractivity contribution in [3.63, 3.8) is 0 Å². The molecule has 1 heterocycles. The zero-order chi connectivity index (χ0) is 12.7. The van der Waals surface area contributed by atoms with Crippen LogP contribution in [0.25, 0.3) is 0 Å². The van der Waals surface area contributed by atoms with Gasteiger partial charge in [-0.2, -0.15) is 0 Å². The van der Waals surface area contributed by atoms with E-state index in [1.165, 1.54) is 0 Å². The summed E-state index contributed by atoms with van der Waals surface area (Å²) in [5.74, 6) is 0.903. The largest absolute Gasteiger partial charge is 0.352 e. The summed E-state index contributed by atoms with van der Waals surface area (Å²) in [4.78, 5) is 10.9. The highest BCUT2D eigenvalue weighted by Crippen LogP contribution is 2.08. The molecule has 0 saturated heterocycles. The van der Waals surface area contributed by atoms with Crippen LogP contribution < -0.4 is 10.2 Å². The molecule has 94 valence electrons. The summed E-state index contributed by atoms with van der Waals surface area (Å²) >= 11 is 0. The predicted octanol–water partition coefficient (Wildman–Crippen LogP) is 1.99. The number of likely N-dealkylation sites (N-methyl/N-ethyl adjacent to an activating group) is 1. The molecule has 0 bridgehead atoms. The molecular weight excluding hydrogens is 212 g/mol. The van der Waals surface area contributed by atoms with E-state index >= 15 is 0 Å². The van der Waals surface area contributed by atoms with Gasteiger partial charge in [0.15, 0.2) is 0 Å². The fraction of sp³-hybridized carbons (Fsp3) is 0.538. The van der Waals surface area contributed by atoms with E-state index in [9.17, 15) is 0 Å². The van der Waals surface area contributed by atoms with Crippen LogP contribution in [0.4, 0.5) is 5.82 Å². The standard InChI is InChI=1S/C13H22N4/c1-5-7-17(6-2)13-10-15-12(9-16-13)8-14-11(3)4/h5,9-11,14H,1,6-8H2,2-4H3. The molecule has 0 radical (unpaired) electrons. The van der Waals surface area contributed by atoms with E-state index in [-0.39, 0.29) is 0 Å². The molecule has 0 unspecified atom stereocenters. The van der Waals surface area contributed by atoms with Crippen molar-refractivity contribution in [1.29, 1.82) is 0 Å². The summed E-state index contributed by atoms with van der Waals surface area (Å²) in [6, 6.07) is 0.462. The predicted molar refractivity (Wildman–Crippen MR) is 72.1 cm³/mol. The van der Waals surface area contributed by atoms with Crippen LogP contribution in [0.15, 0.2) is 25.0 Å². The van der Waals surface area contributed by atoms with Crippen LogP contribution in [0.2, 0.25) is 0 Å². The molecule has 0 saturated carbocycles. The van der Waals surface area contributed by atoms with E-state index in [2.05, 4.69) is 47.5 Å². The molecule has 4 nitrogen and oxygen atoms in total. The van der Waals surface area contributed by atoms with E-state index in [0.717, 1.165) is 31.1 Å². The first-order valence-electron chi connectivity index (χ1n) is 6.07. The van der Waals surface area contributed by atoms with Crippen LogP contribution in [0.1, 0.15) is 26.5 Å². The van der Waals surface area contributed by atoms with Crippen LogP contribution >= 0.6 is 0 Å². The third kappa shape index (κ3) is 4.53. The highest BCUT2D eigenvalue weighted by Gasteiger charge is 2.04. The van der Waals surface area contributed by atoms with Gasteiger partial charge in [0.2, 0.25) is 0 Å². The van der Waals surface area contributed by atoms with E-state index in [0.29, 0.717) is 6.04 Å². The maximum atomic E-state index is 4.42. The van der Waals surface area contributed by atoms with Gasteiger partial charge in [-0.3, -0.25) is 4.98 Å². The average Bonchev–Trinajstić information content (AvgIpc) is 2.34. The molecule has 0 aliphatic heterocycles. The Labute approximate surface area is 104 Å². The zero-order valence-electron chi connectivity index (χ0n) is 11.0. The Morgan fingerprint density at radius 1 is 1.41 bits per heavy atom. The van der Waals surface area contributed by atoms with E-state index in [4.69, 9.17) is 0 Å². The lowest BCUT2D eigenvalue weighted by Gasteiger charge is -2.19. The minimum atomic E-state index is 0.462. The molecule has 1 aromatic rings. The minimum Gasteiger partial charge on any atom is -0.352 e. The Balaban J connectivity index is 2.62. The molecule has 0 aliphatic carbocycles. The topological polar surface area (TPSA) is 41.1 Å². The minimum absolute atomic E-state index is 0.462. The summed E-state index contributed by atoms with van der Waals surface area (Å²) in [5.41, 5.74) is 0.970. The molecule has 4 heteroatoms. The lowest BCUT2D eigenvalue weighted by Crippen LogP contribution is -2.25. The molecule has 0 fully saturated rings. The smallest absolute Gasteiger partial charge is 0.147 e. The van der Waals surface area contributed by atoms with E-state index < -0.39 is 0 Å². The molecule has 1 N–H and O–H groups in total. The van der Waals surface area contributed by atoms with Crippen molar-refractivity contribution in [2.45, 2.75) is 33.4 Å². The number of hydrogen-bond donors (Lipinski definition) is 1. The Morgan fingerprint density at radius 3 is 2.65 bits per heavy atom. The lowest BCUT2D eigenvalue weighted by atomic mass is 10.3. The highest BCUT2D eigenvalue weighted by atomic mass is 15.2. The molecule has 17 heavy (non-hydrogen) atoms. The molecule has 0 spiro atoms. The normalized spacial score (nSPS) is 10.6. The molecule has 1 rings (SSSR count). The number of hydrogen-bond acceptors (Lipinski definition) is 4. The van der Waals surface area contributed by atoms with Crippen molar-refractivity contribution in [2.75, 3.05) is 18.0 Å². The van der Waals surface area contributed by atoms with Gasteiger partial charge in [0.05, 0.1) is 18.1 Å². The lowest BCUT2D eigenvalue weighted by molar-refractivity contribution is 0.580. The van der Waals surface area contributed by atoms with Gasteiger partial charge in [0, 0.05) is 25.7 Å². The molecule has 1 aromatic heterocycles. The van der Waals surface area contributed by atoms with Crippen LogP contribution in [0.3, 0.4) is 0 Å². The monoisotopic (exact) mass is 234 g/mol. The van der Waals surface area contributed by atoms with Gasteiger partial charge in [0.25, 0.3) is 0 Å². The van der Waals surface area contributed by atoms with Crippen LogP contribution in [-0.2, 0) is 6.54 Å². The summed E-state index contributed by atoms with van der Waals surface area (Å²) < 4.78 is 0. The summed E-state index contributed by atoms with van der Waals surface area (Å²) in [6.07, 6.45) is 5.53. The second kappa shape index (κ2) is 7.01. The molecular formula is C13H22N4. The third-order valence-corrected chi connectivity index (χ3v) is 2.44. The fourth-order valence-corrected chi connectivity index (χ4v) is 1.45. The van der Waals surface area contributed by atoms with Crippen LogP contribution in [0.5, 0.6) is 0 Å². The first-order valence-corrected chi connectivity index (χ1v) is 6.07. The van der Waals surface area contributed by atoms with Crippen molar-refractivity contribution in [1.82, 2.24) is 15.3 Å². The van der Waals surface area contributed by atoms with Gasteiger partial charge in [-0.25, -0.2) is 4.98 Å². The Morgan fingerprint density at radius 2 is 2.18 bits per heavy atom. The highest BCUT2D eigenvalue weighted by molar-refractivity contribution is 5.36. The first-order chi connectivity index (χ1) is 8.17. The number of rotatable bonds is 7. The summed E-state index contributed by atoms with van der Waals surface area (Å²) in [6.45, 7) is 12.5. The maximum absolute atomic E-state index is 4.42. The Hall–Kier alpha value is -1.42. The van der Waals surface area contributed by atoms with Gasteiger partial charge in [-0.1, -0.05) is 19.9 Å². The molecule has 0 amide bonds. The number of nitrogens with zero attached hydrogens (tertiary/aromatic N) is 3. The Bertz CT molecular complexity index is 332. The van der Waals surface area contributed by atoms with Crippen molar-refractivity contribution in [2.24, 2.45) is 0 Å². The molecule has 0 aromatic carbocycles. The summed E-state index contributed by atoms with van der Waals surface area (Å²) in [5, 5.41) is 3.32. The maximum Gasteiger partial charge on any atom is 0.147 e. The first kappa shape index (κ1) is 13.6. The second-order valence-electron chi connectivity index (χ2n) is 4.23. The second-order valence-corrected chi connectivity index (χ2v) is 4.23. The number of aromatic nitrogens is 2. The van der Waals surface area contributed by atoms with Gasteiger partial charge < -0.3 is 10.2 Å². The van der Waals surface area contributed by atoms with Crippen molar-refractivity contribution < 1.29 is 0 Å². The van der Waals surface area contributed by atoms with Gasteiger partial charge >= 0.3 is 0 Å². The van der Waals surface area contributed by atoms with Crippen LogP contribution in [0, 0.1) is 0 Å². The van der Waals surface area contributed by atoms with Gasteiger partial charge in [-0.05, 0) is 6.92 Å². The molecule has 0 aliphatic rings. The number of nitrogens with one attached hydrogen (secondary N) is 1.